The number of benzene rings is 1. The molecule has 0 radical (unpaired) electrons. The number of aromatic hydroxyl groups is 1. The summed E-state index contributed by atoms with van der Waals surface area (Å²) in [7, 11) is 0. The Labute approximate surface area is 131 Å². The molecule has 1 fully saturated rings. The summed E-state index contributed by atoms with van der Waals surface area (Å²) >= 11 is 4.04. The van der Waals surface area contributed by atoms with Gasteiger partial charge in [-0.25, -0.2) is 0 Å². The van der Waals surface area contributed by atoms with E-state index in [4.69, 9.17) is 0 Å². The molecule has 112 valence electrons. The van der Waals surface area contributed by atoms with Gasteiger partial charge in [0, 0.05) is 0 Å². The van der Waals surface area contributed by atoms with Gasteiger partial charge in [-0.05, 0) is 30.5 Å². The second-order valence-corrected chi connectivity index (χ2v) is 7.71. The lowest BCUT2D eigenvalue weighted by molar-refractivity contribution is 0.444. The third kappa shape index (κ3) is 4.80. The minimum atomic E-state index is 0.111. The Bertz CT molecular complexity index is 373. The van der Waals surface area contributed by atoms with Gasteiger partial charge < -0.3 is 5.11 Å². The van der Waals surface area contributed by atoms with Crippen LogP contribution in [0, 0.1) is 0 Å². The average Bonchev–Trinajstić information content (AvgIpc) is 2.43. The van der Waals surface area contributed by atoms with Crippen molar-refractivity contribution in [3.8, 4) is 5.75 Å². The van der Waals surface area contributed by atoms with E-state index in [0.29, 0.717) is 5.75 Å². The number of hydrogen-bond donors (Lipinski definition) is 1. The molecule has 2 heteroatoms. The van der Waals surface area contributed by atoms with E-state index in [0.717, 1.165) is 0 Å². The van der Waals surface area contributed by atoms with Crippen LogP contribution in [0.5, 0.6) is 5.75 Å². The molecule has 1 aliphatic carbocycles. The average molecular weight is 339 g/mol. The van der Waals surface area contributed by atoms with Crippen LogP contribution in [0.2, 0.25) is 0 Å². The highest BCUT2D eigenvalue weighted by atomic mass is 79.9. The molecule has 0 bridgehead atoms. The molecule has 0 saturated heterocycles. The van der Waals surface area contributed by atoms with Crippen LogP contribution in [0.1, 0.15) is 76.2 Å². The van der Waals surface area contributed by atoms with Gasteiger partial charge in [-0.15, -0.1) is 0 Å². The van der Waals surface area contributed by atoms with E-state index in [1.165, 1.54) is 76.2 Å². The maximum absolute atomic E-state index is 9.47. The first-order valence-corrected chi connectivity index (χ1v) is 8.98. The van der Waals surface area contributed by atoms with Crippen LogP contribution in [-0.4, -0.2) is 5.11 Å². The molecule has 0 heterocycles. The quantitative estimate of drug-likeness (QED) is 0.596. The van der Waals surface area contributed by atoms with Gasteiger partial charge >= 0.3 is 0 Å². The van der Waals surface area contributed by atoms with E-state index in [-0.39, 0.29) is 4.32 Å². The molecule has 20 heavy (non-hydrogen) atoms. The molecule has 0 aromatic heterocycles. The number of alkyl halides is 1. The number of hydrogen-bond acceptors (Lipinski definition) is 1. The predicted octanol–water partition coefficient (Wildman–Crippen LogP) is 6.29. The number of rotatable bonds is 1. The van der Waals surface area contributed by atoms with Crippen molar-refractivity contribution in [2.24, 2.45) is 0 Å². The topological polar surface area (TPSA) is 20.2 Å². The van der Waals surface area contributed by atoms with Crippen molar-refractivity contribution >= 4 is 15.9 Å². The minimum absolute atomic E-state index is 0.111. The van der Waals surface area contributed by atoms with Crippen molar-refractivity contribution in [2.75, 3.05) is 0 Å². The van der Waals surface area contributed by atoms with Gasteiger partial charge in [0.2, 0.25) is 0 Å². The lowest BCUT2D eigenvalue weighted by Gasteiger charge is -2.29. The Morgan fingerprint density at radius 1 is 0.700 bits per heavy atom. The normalized spacial score (nSPS) is 21.6. The fourth-order valence-electron chi connectivity index (χ4n) is 3.22. The summed E-state index contributed by atoms with van der Waals surface area (Å²) in [4.78, 5) is 0. The first kappa shape index (κ1) is 15.9. The fraction of sp³-hybridized carbons (Fsp3) is 0.667. The summed E-state index contributed by atoms with van der Waals surface area (Å²) in [5.74, 6) is 0.359. The first-order valence-electron chi connectivity index (χ1n) is 8.19. The summed E-state index contributed by atoms with van der Waals surface area (Å²) < 4.78 is 0.111. The van der Waals surface area contributed by atoms with Gasteiger partial charge in [-0.3, -0.25) is 0 Å². The van der Waals surface area contributed by atoms with Gasteiger partial charge in [0.1, 0.15) is 5.75 Å². The highest BCUT2D eigenvalue weighted by Crippen LogP contribution is 2.42. The third-order valence-electron chi connectivity index (χ3n) is 4.53. The van der Waals surface area contributed by atoms with Gasteiger partial charge in [0.15, 0.2) is 0 Å². The van der Waals surface area contributed by atoms with Crippen molar-refractivity contribution in [3.05, 3.63) is 29.8 Å². The first-order chi connectivity index (χ1) is 9.71. The van der Waals surface area contributed by atoms with Crippen molar-refractivity contribution in [2.45, 2.75) is 75.0 Å². The molecule has 0 unspecified atom stereocenters. The van der Waals surface area contributed by atoms with E-state index in [1.54, 1.807) is 0 Å². The van der Waals surface area contributed by atoms with Crippen LogP contribution in [0.15, 0.2) is 24.3 Å². The molecule has 1 aliphatic rings. The van der Waals surface area contributed by atoms with E-state index in [2.05, 4.69) is 28.1 Å². The third-order valence-corrected chi connectivity index (χ3v) is 5.78. The molecular formula is C18H27BrO. The second-order valence-electron chi connectivity index (χ2n) is 6.19. The lowest BCUT2D eigenvalue weighted by Crippen LogP contribution is -2.18. The summed E-state index contributed by atoms with van der Waals surface area (Å²) in [5.41, 5.74) is 1.33. The molecule has 1 N–H and O–H groups in total. The smallest absolute Gasteiger partial charge is 0.115 e. The van der Waals surface area contributed by atoms with Crippen LogP contribution in [0.25, 0.3) is 0 Å². The highest BCUT2D eigenvalue weighted by Gasteiger charge is 2.27. The molecule has 1 aromatic carbocycles. The standard InChI is InChI=1S/C18H27BrO/c19-18(16-10-12-17(20)13-11-16)14-8-6-4-2-1-3-5-7-9-15-18/h10-13,20H,1-9,14-15H2. The number of phenolic OH excluding ortho intramolecular Hbond substituents is 1. The Morgan fingerprint density at radius 3 is 1.55 bits per heavy atom. The van der Waals surface area contributed by atoms with Crippen LogP contribution >= 0.6 is 15.9 Å². The summed E-state index contributed by atoms with van der Waals surface area (Å²) in [6.45, 7) is 0. The molecule has 0 atom stereocenters. The van der Waals surface area contributed by atoms with E-state index in [9.17, 15) is 5.11 Å². The summed E-state index contributed by atoms with van der Waals surface area (Å²) in [6, 6.07) is 7.79. The molecule has 0 spiro atoms. The maximum Gasteiger partial charge on any atom is 0.115 e. The zero-order chi connectivity index (χ0) is 14.3. The van der Waals surface area contributed by atoms with Crippen LogP contribution < -0.4 is 0 Å². The van der Waals surface area contributed by atoms with Crippen LogP contribution in [-0.2, 0) is 4.32 Å². The highest BCUT2D eigenvalue weighted by molar-refractivity contribution is 9.09. The fourth-order valence-corrected chi connectivity index (χ4v) is 4.05. The van der Waals surface area contributed by atoms with Crippen LogP contribution in [0.3, 0.4) is 0 Å². The van der Waals surface area contributed by atoms with Crippen molar-refractivity contribution in [3.63, 3.8) is 0 Å². The zero-order valence-corrected chi connectivity index (χ0v) is 14.0. The van der Waals surface area contributed by atoms with E-state index < -0.39 is 0 Å². The summed E-state index contributed by atoms with van der Waals surface area (Å²) in [6.07, 6.45) is 14.7. The van der Waals surface area contributed by atoms with E-state index >= 15 is 0 Å². The van der Waals surface area contributed by atoms with Crippen molar-refractivity contribution in [1.29, 1.82) is 0 Å². The van der Waals surface area contributed by atoms with Gasteiger partial charge in [-0.2, -0.15) is 0 Å². The lowest BCUT2D eigenvalue weighted by atomic mass is 9.87. The molecule has 0 amide bonds. The second kappa shape index (κ2) is 8.07. The Morgan fingerprint density at radius 2 is 1.10 bits per heavy atom. The molecule has 1 saturated carbocycles. The van der Waals surface area contributed by atoms with Gasteiger partial charge in [-0.1, -0.05) is 85.9 Å². The zero-order valence-electron chi connectivity index (χ0n) is 12.4. The van der Waals surface area contributed by atoms with Gasteiger partial charge in [0.25, 0.3) is 0 Å². The number of halogens is 1. The molecular weight excluding hydrogens is 312 g/mol. The Kier molecular flexibility index (Phi) is 6.41. The van der Waals surface area contributed by atoms with Crippen molar-refractivity contribution in [1.82, 2.24) is 0 Å². The number of phenols is 1. The SMILES string of the molecule is Oc1ccc(C2(Br)CCCCCCCCCCC2)cc1. The van der Waals surface area contributed by atoms with Crippen LogP contribution in [0.4, 0.5) is 0 Å². The minimum Gasteiger partial charge on any atom is -0.508 e. The largest absolute Gasteiger partial charge is 0.508 e. The summed E-state index contributed by atoms with van der Waals surface area (Å²) in [5, 5.41) is 9.47. The molecule has 0 aliphatic heterocycles. The maximum atomic E-state index is 9.47. The monoisotopic (exact) mass is 338 g/mol. The van der Waals surface area contributed by atoms with E-state index in [1.807, 2.05) is 12.1 Å². The predicted molar refractivity (Wildman–Crippen MR) is 89.5 cm³/mol. The molecule has 2 rings (SSSR count). The molecule has 1 aromatic rings. The molecule has 1 nitrogen and oxygen atoms in total. The Balaban J connectivity index is 2.04. The Hall–Kier alpha value is -0.500. The van der Waals surface area contributed by atoms with Crippen molar-refractivity contribution < 1.29 is 5.11 Å². The van der Waals surface area contributed by atoms with Gasteiger partial charge in [0.05, 0.1) is 4.32 Å².